The molecule has 3 rings (SSSR count). The molecule has 0 fully saturated rings. The van der Waals surface area contributed by atoms with E-state index >= 15 is 0 Å². The van der Waals surface area contributed by atoms with Crippen LogP contribution >= 0.6 is 0 Å². The number of hydrogen-bond donors (Lipinski definition) is 2. The van der Waals surface area contributed by atoms with Crippen molar-refractivity contribution in [3.63, 3.8) is 0 Å². The van der Waals surface area contributed by atoms with Crippen LogP contribution in [0.15, 0.2) is 60.7 Å². The van der Waals surface area contributed by atoms with Gasteiger partial charge in [-0.05, 0) is 40.5 Å². The molecule has 0 aliphatic heterocycles. The van der Waals surface area contributed by atoms with E-state index in [4.69, 9.17) is 0 Å². The maximum absolute atomic E-state index is 9.53. The summed E-state index contributed by atoms with van der Waals surface area (Å²) in [6.07, 6.45) is 0.684. The molecule has 94 valence electrons. The zero-order chi connectivity index (χ0) is 13.2. The van der Waals surface area contributed by atoms with Gasteiger partial charge < -0.3 is 10.2 Å². The normalized spacial score (nSPS) is 10.7. The van der Waals surface area contributed by atoms with Crippen molar-refractivity contribution >= 4 is 10.8 Å². The van der Waals surface area contributed by atoms with Gasteiger partial charge in [0.15, 0.2) is 0 Å². The predicted octanol–water partition coefficient (Wildman–Crippen LogP) is 3.84. The van der Waals surface area contributed by atoms with Gasteiger partial charge in [0.25, 0.3) is 0 Å². The first-order valence-electron chi connectivity index (χ1n) is 6.21. The molecule has 0 amide bonds. The number of benzene rings is 3. The highest BCUT2D eigenvalue weighted by atomic mass is 16.3. The largest absolute Gasteiger partial charge is 0.508 e. The molecule has 2 heteroatoms. The lowest BCUT2D eigenvalue weighted by Gasteiger charge is -2.07. The van der Waals surface area contributed by atoms with E-state index in [1.54, 1.807) is 12.1 Å². The SMILES string of the molecule is Oc1cc(O)cc(Cc2cccc3ccccc23)c1. The van der Waals surface area contributed by atoms with E-state index in [1.165, 1.54) is 22.4 Å². The third-order valence-electron chi connectivity index (χ3n) is 3.24. The molecule has 0 atom stereocenters. The van der Waals surface area contributed by atoms with E-state index in [1.807, 2.05) is 18.2 Å². The molecule has 0 radical (unpaired) electrons. The Bertz CT molecular complexity index is 707. The summed E-state index contributed by atoms with van der Waals surface area (Å²) in [6.45, 7) is 0. The molecule has 0 saturated heterocycles. The number of phenolic OH excluding ortho intramolecular Hbond substituents is 2. The Hall–Kier alpha value is -2.48. The fourth-order valence-corrected chi connectivity index (χ4v) is 2.43. The molecule has 3 aromatic rings. The number of fused-ring (bicyclic) bond motifs is 1. The monoisotopic (exact) mass is 250 g/mol. The number of aromatic hydroxyl groups is 2. The van der Waals surface area contributed by atoms with Crippen LogP contribution in [0.25, 0.3) is 10.8 Å². The Morgan fingerprint density at radius 1 is 0.737 bits per heavy atom. The molecule has 0 aliphatic rings. The Balaban J connectivity index is 2.05. The van der Waals surface area contributed by atoms with Crippen LogP contribution in [0.4, 0.5) is 0 Å². The molecular weight excluding hydrogens is 236 g/mol. The topological polar surface area (TPSA) is 40.5 Å². The van der Waals surface area contributed by atoms with Gasteiger partial charge in [0.1, 0.15) is 11.5 Å². The minimum atomic E-state index is 0.0928. The van der Waals surface area contributed by atoms with Crippen LogP contribution in [0.5, 0.6) is 11.5 Å². The summed E-state index contributed by atoms with van der Waals surface area (Å²) >= 11 is 0. The molecule has 0 spiro atoms. The lowest BCUT2D eigenvalue weighted by Crippen LogP contribution is -1.89. The van der Waals surface area contributed by atoms with Crippen LogP contribution in [-0.2, 0) is 6.42 Å². The summed E-state index contributed by atoms with van der Waals surface area (Å²) in [7, 11) is 0. The van der Waals surface area contributed by atoms with Crippen molar-refractivity contribution in [1.82, 2.24) is 0 Å². The molecule has 0 heterocycles. The van der Waals surface area contributed by atoms with Crippen molar-refractivity contribution in [2.24, 2.45) is 0 Å². The van der Waals surface area contributed by atoms with Gasteiger partial charge in [0, 0.05) is 6.07 Å². The molecule has 0 aliphatic carbocycles. The van der Waals surface area contributed by atoms with E-state index in [-0.39, 0.29) is 11.5 Å². The first kappa shape index (κ1) is 11.6. The molecule has 3 aromatic carbocycles. The van der Waals surface area contributed by atoms with Gasteiger partial charge >= 0.3 is 0 Å². The smallest absolute Gasteiger partial charge is 0.119 e. The molecule has 0 unspecified atom stereocenters. The zero-order valence-electron chi connectivity index (χ0n) is 10.4. The minimum Gasteiger partial charge on any atom is -0.508 e. The maximum Gasteiger partial charge on any atom is 0.119 e. The quantitative estimate of drug-likeness (QED) is 0.725. The predicted molar refractivity (Wildman–Crippen MR) is 76.5 cm³/mol. The van der Waals surface area contributed by atoms with E-state index in [2.05, 4.69) is 24.3 Å². The van der Waals surface area contributed by atoms with Crippen LogP contribution in [-0.4, -0.2) is 10.2 Å². The summed E-state index contributed by atoms with van der Waals surface area (Å²) in [5.41, 5.74) is 2.08. The summed E-state index contributed by atoms with van der Waals surface area (Å²) in [4.78, 5) is 0. The molecule has 0 bridgehead atoms. The van der Waals surface area contributed by atoms with Crippen molar-refractivity contribution < 1.29 is 10.2 Å². The number of phenols is 2. The van der Waals surface area contributed by atoms with Crippen molar-refractivity contribution in [3.8, 4) is 11.5 Å². The van der Waals surface area contributed by atoms with Crippen molar-refractivity contribution in [3.05, 3.63) is 71.8 Å². The van der Waals surface area contributed by atoms with E-state index in [0.29, 0.717) is 6.42 Å². The third kappa shape index (κ3) is 2.38. The van der Waals surface area contributed by atoms with E-state index < -0.39 is 0 Å². The van der Waals surface area contributed by atoms with Crippen LogP contribution in [0.2, 0.25) is 0 Å². The second kappa shape index (κ2) is 4.65. The van der Waals surface area contributed by atoms with E-state index in [0.717, 1.165) is 5.56 Å². The van der Waals surface area contributed by atoms with Crippen LogP contribution in [0, 0.1) is 0 Å². The Morgan fingerprint density at radius 2 is 1.42 bits per heavy atom. The fourth-order valence-electron chi connectivity index (χ4n) is 2.43. The van der Waals surface area contributed by atoms with Crippen LogP contribution in [0.1, 0.15) is 11.1 Å². The van der Waals surface area contributed by atoms with E-state index in [9.17, 15) is 10.2 Å². The Morgan fingerprint density at radius 3 is 2.21 bits per heavy atom. The van der Waals surface area contributed by atoms with Gasteiger partial charge in [-0.1, -0.05) is 42.5 Å². The van der Waals surface area contributed by atoms with Crippen molar-refractivity contribution in [1.29, 1.82) is 0 Å². The maximum atomic E-state index is 9.53. The summed E-state index contributed by atoms with van der Waals surface area (Å²) in [6, 6.07) is 19.1. The Labute approximate surface area is 111 Å². The first-order valence-corrected chi connectivity index (χ1v) is 6.21. The number of hydrogen-bond acceptors (Lipinski definition) is 2. The molecule has 0 saturated carbocycles. The third-order valence-corrected chi connectivity index (χ3v) is 3.24. The highest BCUT2D eigenvalue weighted by Crippen LogP contribution is 2.25. The number of rotatable bonds is 2. The molecule has 19 heavy (non-hydrogen) atoms. The molecular formula is C17H14O2. The van der Waals surface area contributed by atoms with Gasteiger partial charge in [0.05, 0.1) is 0 Å². The summed E-state index contributed by atoms with van der Waals surface area (Å²) in [5, 5.41) is 21.5. The van der Waals surface area contributed by atoms with Crippen molar-refractivity contribution in [2.45, 2.75) is 6.42 Å². The van der Waals surface area contributed by atoms with Gasteiger partial charge in [-0.3, -0.25) is 0 Å². The molecule has 2 nitrogen and oxygen atoms in total. The highest BCUT2D eigenvalue weighted by molar-refractivity contribution is 5.85. The van der Waals surface area contributed by atoms with Gasteiger partial charge in [-0.2, -0.15) is 0 Å². The molecule has 2 N–H and O–H groups in total. The standard InChI is InChI=1S/C17H14O2/c18-15-9-12(10-16(19)11-15)8-14-6-3-5-13-4-1-2-7-17(13)14/h1-7,9-11,18-19H,8H2. The van der Waals surface area contributed by atoms with Crippen molar-refractivity contribution in [2.75, 3.05) is 0 Å². The van der Waals surface area contributed by atoms with Crippen LogP contribution in [0.3, 0.4) is 0 Å². The lowest BCUT2D eigenvalue weighted by molar-refractivity contribution is 0.449. The second-order valence-corrected chi connectivity index (χ2v) is 4.67. The molecule has 0 aromatic heterocycles. The summed E-state index contributed by atoms with van der Waals surface area (Å²) in [5.74, 6) is 0.186. The lowest BCUT2D eigenvalue weighted by atomic mass is 9.98. The first-order chi connectivity index (χ1) is 9.22. The Kier molecular flexibility index (Phi) is 2.84. The zero-order valence-corrected chi connectivity index (χ0v) is 10.4. The fraction of sp³-hybridized carbons (Fsp3) is 0.0588. The van der Waals surface area contributed by atoms with Gasteiger partial charge in [-0.15, -0.1) is 0 Å². The van der Waals surface area contributed by atoms with Gasteiger partial charge in [-0.25, -0.2) is 0 Å². The average molecular weight is 250 g/mol. The summed E-state index contributed by atoms with van der Waals surface area (Å²) < 4.78 is 0. The highest BCUT2D eigenvalue weighted by Gasteiger charge is 2.04. The minimum absolute atomic E-state index is 0.0928. The average Bonchev–Trinajstić information content (AvgIpc) is 2.38. The van der Waals surface area contributed by atoms with Crippen LogP contribution < -0.4 is 0 Å². The van der Waals surface area contributed by atoms with Gasteiger partial charge in [0.2, 0.25) is 0 Å². The second-order valence-electron chi connectivity index (χ2n) is 4.67.